The maximum atomic E-state index is 6.41. The Morgan fingerprint density at radius 3 is 2.68 bits per heavy atom. The van der Waals surface area contributed by atoms with E-state index in [1.165, 1.54) is 0 Å². The molecule has 0 amide bonds. The van der Waals surface area contributed by atoms with E-state index in [-0.39, 0.29) is 0 Å². The smallest absolute Gasteiger partial charge is 0.229 e. The van der Waals surface area contributed by atoms with Crippen LogP contribution in [-0.2, 0) is 6.42 Å². The summed E-state index contributed by atoms with van der Waals surface area (Å²) in [4.78, 5) is 8.83. The Morgan fingerprint density at radius 1 is 0.964 bits per heavy atom. The number of nitrogens with one attached hydrogen (secondary N) is 1. The first kappa shape index (κ1) is 16.5. The number of rotatable bonds is 3. The van der Waals surface area contributed by atoms with Crippen LogP contribution in [0.1, 0.15) is 28.8 Å². The van der Waals surface area contributed by atoms with Crippen LogP contribution in [0, 0.1) is 0 Å². The molecule has 28 heavy (non-hydrogen) atoms. The average Bonchev–Trinajstić information content (AvgIpc) is 2.75. The van der Waals surface area contributed by atoms with Gasteiger partial charge in [0.25, 0.3) is 0 Å². The van der Waals surface area contributed by atoms with E-state index in [1.54, 1.807) is 6.33 Å². The van der Waals surface area contributed by atoms with Crippen LogP contribution in [0.25, 0.3) is 11.6 Å². The van der Waals surface area contributed by atoms with E-state index in [0.717, 1.165) is 46.5 Å². The standard InChI is InChI=1S/C24H19N3O/c1-16-23(28-24-19-12-6-7-13-20(19)25-15-26-24)22(17-9-3-2-4-10-17)18-11-5-8-14-21(18)27-16/h2-6,8-12,14-15,27H,1,7,13H2. The second kappa shape index (κ2) is 6.82. The zero-order valence-corrected chi connectivity index (χ0v) is 15.4. The van der Waals surface area contributed by atoms with Crippen LogP contribution in [0.4, 0.5) is 5.69 Å². The normalized spacial score (nSPS) is 14.9. The molecule has 2 heterocycles. The maximum absolute atomic E-state index is 6.41. The number of para-hydroxylation sites is 1. The fourth-order valence-electron chi connectivity index (χ4n) is 3.69. The molecule has 0 fully saturated rings. The number of allylic oxidation sites excluding steroid dienone is 1. The van der Waals surface area contributed by atoms with Crippen molar-refractivity contribution in [2.24, 2.45) is 0 Å². The summed E-state index contributed by atoms with van der Waals surface area (Å²) in [6.45, 7) is 4.22. The Balaban J connectivity index is 1.70. The van der Waals surface area contributed by atoms with Crippen molar-refractivity contribution in [2.45, 2.75) is 12.8 Å². The molecule has 0 unspecified atom stereocenters. The quantitative estimate of drug-likeness (QED) is 0.692. The van der Waals surface area contributed by atoms with Gasteiger partial charge in [0, 0.05) is 16.8 Å². The van der Waals surface area contributed by atoms with Crippen molar-refractivity contribution >= 4 is 17.3 Å². The monoisotopic (exact) mass is 365 g/mol. The Morgan fingerprint density at radius 2 is 1.79 bits per heavy atom. The van der Waals surface area contributed by atoms with Gasteiger partial charge in [0.15, 0.2) is 5.76 Å². The molecule has 5 rings (SSSR count). The third kappa shape index (κ3) is 2.79. The molecule has 0 saturated carbocycles. The van der Waals surface area contributed by atoms with Crippen LogP contribution in [0.2, 0.25) is 0 Å². The molecule has 136 valence electrons. The molecule has 4 heteroatoms. The minimum Gasteiger partial charge on any atom is -0.435 e. The minimum atomic E-state index is 0.562. The van der Waals surface area contributed by atoms with Crippen LogP contribution >= 0.6 is 0 Å². The van der Waals surface area contributed by atoms with Crippen molar-refractivity contribution in [3.63, 3.8) is 0 Å². The van der Waals surface area contributed by atoms with Gasteiger partial charge in [-0.05, 0) is 24.5 Å². The van der Waals surface area contributed by atoms with Crippen LogP contribution < -0.4 is 10.1 Å². The molecule has 0 spiro atoms. The highest BCUT2D eigenvalue weighted by Gasteiger charge is 2.26. The van der Waals surface area contributed by atoms with Gasteiger partial charge in [0.05, 0.1) is 17.0 Å². The molecule has 0 saturated heterocycles. The number of fused-ring (bicyclic) bond motifs is 2. The van der Waals surface area contributed by atoms with Crippen molar-refractivity contribution in [3.8, 4) is 5.88 Å². The summed E-state index contributed by atoms with van der Waals surface area (Å²) in [5.41, 5.74) is 6.85. The van der Waals surface area contributed by atoms with E-state index in [2.05, 4.69) is 52.2 Å². The Labute approximate surface area is 163 Å². The summed E-state index contributed by atoms with van der Waals surface area (Å²) in [6, 6.07) is 18.4. The minimum absolute atomic E-state index is 0.562. The number of hydrogen-bond donors (Lipinski definition) is 1. The van der Waals surface area contributed by atoms with Crippen molar-refractivity contribution in [3.05, 3.63) is 107 Å². The first-order chi connectivity index (χ1) is 13.8. The van der Waals surface area contributed by atoms with Crippen LogP contribution in [-0.4, -0.2) is 9.97 Å². The van der Waals surface area contributed by atoms with Crippen LogP contribution in [0.5, 0.6) is 5.88 Å². The predicted octanol–water partition coefficient (Wildman–Crippen LogP) is 5.21. The molecule has 4 nitrogen and oxygen atoms in total. The highest BCUT2D eigenvalue weighted by Crippen LogP contribution is 2.40. The topological polar surface area (TPSA) is 47.0 Å². The summed E-state index contributed by atoms with van der Waals surface area (Å²) in [5.74, 6) is 1.25. The third-order valence-corrected chi connectivity index (χ3v) is 5.01. The molecule has 0 atom stereocenters. The van der Waals surface area contributed by atoms with Crippen LogP contribution in [0.15, 0.2) is 85.0 Å². The van der Waals surface area contributed by atoms with E-state index >= 15 is 0 Å². The van der Waals surface area contributed by atoms with Gasteiger partial charge in [-0.15, -0.1) is 0 Å². The SMILES string of the molecule is C=C1Nc2ccccc2C(c2ccccc2)=C1Oc1ncnc2c1C=CCC2. The lowest BCUT2D eigenvalue weighted by Gasteiger charge is -2.27. The average molecular weight is 365 g/mol. The van der Waals surface area contributed by atoms with Gasteiger partial charge in [0.1, 0.15) is 6.33 Å². The fourth-order valence-corrected chi connectivity index (χ4v) is 3.69. The summed E-state index contributed by atoms with van der Waals surface area (Å²) < 4.78 is 6.41. The molecular weight excluding hydrogens is 346 g/mol. The lowest BCUT2D eigenvalue weighted by Crippen LogP contribution is -2.17. The molecular formula is C24H19N3O. The molecule has 1 aliphatic heterocycles. The number of aryl methyl sites for hydroxylation is 1. The number of ether oxygens (including phenoxy) is 1. The van der Waals surface area contributed by atoms with Crippen molar-refractivity contribution in [1.29, 1.82) is 0 Å². The van der Waals surface area contributed by atoms with E-state index in [4.69, 9.17) is 4.74 Å². The van der Waals surface area contributed by atoms with Crippen molar-refractivity contribution in [2.75, 3.05) is 5.32 Å². The number of hydrogen-bond acceptors (Lipinski definition) is 4. The number of nitrogens with zero attached hydrogens (tertiary/aromatic N) is 2. The summed E-state index contributed by atoms with van der Waals surface area (Å²) in [6.07, 6.45) is 7.64. The van der Waals surface area contributed by atoms with Crippen LogP contribution in [0.3, 0.4) is 0 Å². The van der Waals surface area contributed by atoms with E-state index in [0.29, 0.717) is 17.3 Å². The fraction of sp³-hybridized carbons (Fsp3) is 0.0833. The van der Waals surface area contributed by atoms with Gasteiger partial charge in [-0.3, -0.25) is 0 Å². The number of benzene rings is 2. The Kier molecular flexibility index (Phi) is 4.02. The second-order valence-corrected chi connectivity index (χ2v) is 6.80. The van der Waals surface area contributed by atoms with E-state index in [9.17, 15) is 0 Å². The number of aromatic nitrogens is 2. The molecule has 1 aromatic heterocycles. The molecule has 0 bridgehead atoms. The van der Waals surface area contributed by atoms with Gasteiger partial charge < -0.3 is 10.1 Å². The molecule has 1 N–H and O–H groups in total. The molecule has 0 radical (unpaired) electrons. The zero-order chi connectivity index (χ0) is 18.9. The lowest BCUT2D eigenvalue weighted by molar-refractivity contribution is 0.418. The van der Waals surface area contributed by atoms with Gasteiger partial charge in [-0.2, -0.15) is 0 Å². The summed E-state index contributed by atoms with van der Waals surface area (Å²) >= 11 is 0. The molecule has 1 aliphatic carbocycles. The largest absolute Gasteiger partial charge is 0.435 e. The zero-order valence-electron chi connectivity index (χ0n) is 15.4. The molecule has 3 aromatic rings. The van der Waals surface area contributed by atoms with Gasteiger partial charge >= 0.3 is 0 Å². The lowest BCUT2D eigenvalue weighted by atomic mass is 9.92. The second-order valence-electron chi connectivity index (χ2n) is 6.80. The Bertz CT molecular complexity index is 1130. The highest BCUT2D eigenvalue weighted by atomic mass is 16.5. The van der Waals surface area contributed by atoms with E-state index in [1.807, 2.05) is 36.4 Å². The summed E-state index contributed by atoms with van der Waals surface area (Å²) in [5, 5.41) is 3.37. The van der Waals surface area contributed by atoms with Crippen molar-refractivity contribution < 1.29 is 4.74 Å². The molecule has 2 aliphatic rings. The third-order valence-electron chi connectivity index (χ3n) is 5.01. The highest BCUT2D eigenvalue weighted by molar-refractivity contribution is 5.93. The maximum Gasteiger partial charge on any atom is 0.229 e. The summed E-state index contributed by atoms with van der Waals surface area (Å²) in [7, 11) is 0. The number of anilines is 1. The van der Waals surface area contributed by atoms with Crippen molar-refractivity contribution in [1.82, 2.24) is 9.97 Å². The van der Waals surface area contributed by atoms with Gasteiger partial charge in [-0.25, -0.2) is 9.97 Å². The first-order valence-corrected chi connectivity index (χ1v) is 9.35. The van der Waals surface area contributed by atoms with E-state index < -0.39 is 0 Å². The van der Waals surface area contributed by atoms with Gasteiger partial charge in [-0.1, -0.05) is 67.3 Å². The first-order valence-electron chi connectivity index (χ1n) is 9.35. The predicted molar refractivity (Wildman–Crippen MR) is 112 cm³/mol. The molecule has 2 aromatic carbocycles. The van der Waals surface area contributed by atoms with Gasteiger partial charge in [0.2, 0.25) is 5.88 Å². The Hall–Kier alpha value is -3.66.